The van der Waals surface area contributed by atoms with Crippen LogP contribution >= 0.6 is 23.5 Å². The van der Waals surface area contributed by atoms with E-state index in [9.17, 15) is 53.1 Å². The van der Waals surface area contributed by atoms with Crippen LogP contribution in [0.15, 0.2) is 12.7 Å². The van der Waals surface area contributed by atoms with Gasteiger partial charge in [0.2, 0.25) is 5.91 Å². The van der Waals surface area contributed by atoms with Gasteiger partial charge in [-0.05, 0) is 0 Å². The molecule has 2 aromatic heterocycles. The maximum absolute atomic E-state index is 12.6. The quantitative estimate of drug-likeness (QED) is 0.0951. The van der Waals surface area contributed by atoms with Gasteiger partial charge in [-0.15, -0.1) is 0 Å². The number of carbonyl (C=O) groups is 2. The highest BCUT2D eigenvalue weighted by Crippen LogP contribution is 2.61. The summed E-state index contributed by atoms with van der Waals surface area (Å²) in [7, 11) is -16.3. The molecule has 3 rings (SSSR count). The first-order valence-electron chi connectivity index (χ1n) is 13.7. The molecule has 1 aliphatic rings. The van der Waals surface area contributed by atoms with E-state index in [1.54, 1.807) is 13.8 Å². The standard InChI is InChI=1S/C22H37N6O16P3/c1-11(2)12(29)5-6-24-20(32)17(31)22(3,4)8-41-47(38,39)44-46(36,37)40-7-13-16(43-45(33,34)35)15(30)21(42-13)28-10-27-14-18(23)25-9-26-19(14)28/h9-11,13,15-17,21,30-31H,5-8H2,1-4H3,(H,24,32)(H,36,37)(H,38,39)(H2,23,25,26)(H2,33,34,35). The lowest BCUT2D eigenvalue weighted by Crippen LogP contribution is -2.46. The second kappa shape index (κ2) is 15.1. The number of amides is 1. The molecule has 47 heavy (non-hydrogen) atoms. The van der Waals surface area contributed by atoms with E-state index in [0.29, 0.717) is 0 Å². The molecule has 0 bridgehead atoms. The van der Waals surface area contributed by atoms with Crippen molar-refractivity contribution < 1.29 is 75.7 Å². The maximum Gasteiger partial charge on any atom is 0.481 e. The third-order valence-corrected chi connectivity index (χ3v) is 9.84. The molecule has 1 saturated heterocycles. The number of ether oxygens (including phenoxy) is 1. The number of nitrogens with two attached hydrogens (primary N) is 1. The van der Waals surface area contributed by atoms with E-state index in [1.807, 2.05) is 0 Å². The van der Waals surface area contributed by atoms with Crippen LogP contribution < -0.4 is 11.1 Å². The fourth-order valence-electron chi connectivity index (χ4n) is 4.15. The Kier molecular flexibility index (Phi) is 12.6. The zero-order valence-corrected chi connectivity index (χ0v) is 28.1. The van der Waals surface area contributed by atoms with Gasteiger partial charge >= 0.3 is 23.5 Å². The largest absolute Gasteiger partial charge is 0.481 e. The molecule has 0 spiro atoms. The minimum Gasteiger partial charge on any atom is -0.386 e. The Labute approximate surface area is 267 Å². The predicted molar refractivity (Wildman–Crippen MR) is 156 cm³/mol. The lowest BCUT2D eigenvalue weighted by molar-refractivity contribution is -0.137. The molecule has 9 N–H and O–H groups in total. The Balaban J connectivity index is 1.63. The zero-order chi connectivity index (χ0) is 35.5. The summed E-state index contributed by atoms with van der Waals surface area (Å²) < 4.78 is 61.7. The van der Waals surface area contributed by atoms with Crippen molar-refractivity contribution in [3.63, 3.8) is 0 Å². The van der Waals surface area contributed by atoms with E-state index in [4.69, 9.17) is 19.5 Å². The lowest BCUT2D eigenvalue weighted by Gasteiger charge is -2.30. The van der Waals surface area contributed by atoms with Gasteiger partial charge < -0.3 is 45.6 Å². The van der Waals surface area contributed by atoms with Gasteiger partial charge in [-0.1, -0.05) is 27.7 Å². The number of imidazole rings is 1. The third-order valence-electron chi connectivity index (χ3n) is 6.74. The monoisotopic (exact) mass is 734 g/mol. The molecule has 7 atom stereocenters. The summed E-state index contributed by atoms with van der Waals surface area (Å²) in [6.07, 6.45) is -6.57. The van der Waals surface area contributed by atoms with Crippen molar-refractivity contribution >= 4 is 52.1 Å². The topological polar surface area (TPSA) is 335 Å². The summed E-state index contributed by atoms with van der Waals surface area (Å²) in [5.41, 5.74) is 4.33. The van der Waals surface area contributed by atoms with E-state index < -0.39 is 78.6 Å². The summed E-state index contributed by atoms with van der Waals surface area (Å²) in [4.78, 5) is 74.7. The van der Waals surface area contributed by atoms with Crippen LogP contribution in [0, 0.1) is 11.3 Å². The van der Waals surface area contributed by atoms with Gasteiger partial charge in [0.25, 0.3) is 0 Å². The number of hydrogen-bond acceptors (Lipinski definition) is 16. The Morgan fingerprint density at radius 2 is 1.74 bits per heavy atom. The molecule has 22 nitrogen and oxygen atoms in total. The van der Waals surface area contributed by atoms with Crippen LogP contribution in [0.1, 0.15) is 40.3 Å². The van der Waals surface area contributed by atoms with E-state index in [0.717, 1.165) is 17.2 Å². The molecule has 1 amide bonds. The number of nitrogens with zero attached hydrogens (tertiary/aromatic N) is 4. The first kappa shape index (κ1) is 39.2. The average Bonchev–Trinajstić information content (AvgIpc) is 3.50. The van der Waals surface area contributed by atoms with E-state index in [1.165, 1.54) is 13.8 Å². The van der Waals surface area contributed by atoms with Crippen LogP contribution in [-0.2, 0) is 45.9 Å². The number of anilines is 1. The molecule has 1 fully saturated rings. The summed E-state index contributed by atoms with van der Waals surface area (Å²) in [5, 5.41) is 23.6. The number of rotatable bonds is 17. The molecule has 1 aliphatic heterocycles. The molecular formula is C22H37N6O16P3. The number of Topliss-reactive ketones (excluding diaryl/α,β-unsaturated/α-hetero) is 1. The zero-order valence-electron chi connectivity index (χ0n) is 25.4. The van der Waals surface area contributed by atoms with Crippen LogP contribution in [0.4, 0.5) is 5.82 Å². The highest BCUT2D eigenvalue weighted by Gasteiger charge is 2.50. The van der Waals surface area contributed by atoms with Gasteiger partial charge in [0.1, 0.15) is 42.0 Å². The maximum atomic E-state index is 12.6. The number of aliphatic hydroxyl groups is 2. The highest BCUT2D eigenvalue weighted by molar-refractivity contribution is 7.61. The van der Waals surface area contributed by atoms with Gasteiger partial charge in [-0.3, -0.25) is 27.7 Å². The number of carbonyl (C=O) groups excluding carboxylic acids is 2. The minimum atomic E-state index is -5.53. The second-order valence-corrected chi connectivity index (χ2v) is 15.6. The minimum absolute atomic E-state index is 0.0146. The molecule has 0 aromatic carbocycles. The lowest BCUT2D eigenvalue weighted by atomic mass is 9.87. The molecule has 7 unspecified atom stereocenters. The Hall–Kier alpha value is -2.26. The van der Waals surface area contributed by atoms with E-state index in [2.05, 4.69) is 29.1 Å². The number of phosphoric acid groups is 3. The second-order valence-electron chi connectivity index (χ2n) is 11.3. The first-order chi connectivity index (χ1) is 21.5. The van der Waals surface area contributed by atoms with Crippen molar-refractivity contribution in [1.82, 2.24) is 24.8 Å². The van der Waals surface area contributed by atoms with Crippen molar-refractivity contribution in [2.45, 2.75) is 64.8 Å². The number of aromatic nitrogens is 4. The summed E-state index contributed by atoms with van der Waals surface area (Å²) in [6.45, 7) is 3.89. The van der Waals surface area contributed by atoms with Crippen LogP contribution in [-0.4, -0.2) is 105 Å². The molecule has 2 aromatic rings. The van der Waals surface area contributed by atoms with Crippen LogP contribution in [0.3, 0.4) is 0 Å². The predicted octanol–water partition coefficient (Wildman–Crippen LogP) is -0.486. The van der Waals surface area contributed by atoms with Crippen LogP contribution in [0.25, 0.3) is 11.2 Å². The molecule has 25 heteroatoms. The SMILES string of the molecule is CC(C)C(=O)CCNC(=O)C(O)C(C)(C)COP(=O)(O)OP(=O)(O)OCC1OC(n2cnc3c(N)ncnc32)C(O)C1OP(=O)(O)O. The number of fused-ring (bicyclic) bond motifs is 1. The van der Waals surface area contributed by atoms with Crippen molar-refractivity contribution in [2.75, 3.05) is 25.5 Å². The summed E-state index contributed by atoms with van der Waals surface area (Å²) >= 11 is 0. The van der Waals surface area contributed by atoms with Crippen molar-refractivity contribution in [3.05, 3.63) is 12.7 Å². The Morgan fingerprint density at radius 3 is 2.36 bits per heavy atom. The van der Waals surface area contributed by atoms with Gasteiger partial charge in [0, 0.05) is 24.3 Å². The molecule has 0 saturated carbocycles. The van der Waals surface area contributed by atoms with E-state index >= 15 is 0 Å². The summed E-state index contributed by atoms with van der Waals surface area (Å²) in [5.74, 6) is -1.32. The number of ketones is 1. The fourth-order valence-corrected chi connectivity index (χ4v) is 6.98. The van der Waals surface area contributed by atoms with Crippen LogP contribution in [0.2, 0.25) is 0 Å². The molecular weight excluding hydrogens is 697 g/mol. The van der Waals surface area contributed by atoms with Gasteiger partial charge in [-0.2, -0.15) is 4.31 Å². The van der Waals surface area contributed by atoms with Gasteiger partial charge in [0.05, 0.1) is 19.5 Å². The number of phosphoric ester groups is 3. The average molecular weight is 734 g/mol. The van der Waals surface area contributed by atoms with Crippen molar-refractivity contribution in [3.8, 4) is 0 Å². The number of hydrogen-bond donors (Lipinski definition) is 8. The Bertz CT molecular complexity index is 1580. The van der Waals surface area contributed by atoms with E-state index in [-0.39, 0.29) is 41.6 Å². The normalized spacial score (nSPS) is 23.8. The number of nitrogen functional groups attached to an aromatic ring is 1. The molecule has 3 heterocycles. The summed E-state index contributed by atoms with van der Waals surface area (Å²) in [6, 6.07) is 0. The van der Waals surface area contributed by atoms with Crippen molar-refractivity contribution in [1.29, 1.82) is 0 Å². The molecule has 0 aliphatic carbocycles. The number of nitrogens with one attached hydrogen (secondary N) is 1. The smallest absolute Gasteiger partial charge is 0.386 e. The van der Waals surface area contributed by atoms with Crippen LogP contribution in [0.5, 0.6) is 0 Å². The number of aliphatic hydroxyl groups excluding tert-OH is 2. The molecule has 0 radical (unpaired) electrons. The fraction of sp³-hybridized carbons (Fsp3) is 0.682. The molecule has 266 valence electrons. The van der Waals surface area contributed by atoms with Gasteiger partial charge in [0.15, 0.2) is 17.7 Å². The van der Waals surface area contributed by atoms with Crippen molar-refractivity contribution in [2.24, 2.45) is 11.3 Å². The van der Waals surface area contributed by atoms with Gasteiger partial charge in [-0.25, -0.2) is 28.6 Å². The third kappa shape index (κ3) is 10.6. The first-order valence-corrected chi connectivity index (χ1v) is 18.2. The Morgan fingerprint density at radius 1 is 1.11 bits per heavy atom. The highest BCUT2D eigenvalue weighted by atomic mass is 31.3.